The summed E-state index contributed by atoms with van der Waals surface area (Å²) in [6.45, 7) is 4.16. The first kappa shape index (κ1) is 12.8. The number of fused-ring (bicyclic) bond motifs is 1. The Bertz CT molecular complexity index is 412. The van der Waals surface area contributed by atoms with Gasteiger partial charge in [0.1, 0.15) is 0 Å². The van der Waals surface area contributed by atoms with Crippen molar-refractivity contribution in [3.05, 3.63) is 0 Å². The first-order valence-electron chi connectivity index (χ1n) is 6.92. The van der Waals surface area contributed by atoms with Gasteiger partial charge in [-0.15, -0.1) is 0 Å². The Hall–Kier alpha value is -0.170. The lowest BCUT2D eigenvalue weighted by Crippen LogP contribution is -2.47. The number of hydrogen-bond donors (Lipinski definition) is 1. The quantitative estimate of drug-likeness (QED) is 0.686. The second-order valence-corrected chi connectivity index (χ2v) is 8.05. The molecule has 18 heavy (non-hydrogen) atoms. The number of sulfone groups is 1. The summed E-state index contributed by atoms with van der Waals surface area (Å²) in [5, 5.41) is 9.97. The molecule has 3 heterocycles. The van der Waals surface area contributed by atoms with E-state index in [0.29, 0.717) is 6.04 Å². The highest BCUT2D eigenvalue weighted by atomic mass is 32.2. The topological polar surface area (TPSA) is 60.9 Å². The van der Waals surface area contributed by atoms with Gasteiger partial charge in [-0.1, -0.05) is 0 Å². The predicted molar refractivity (Wildman–Crippen MR) is 69.2 cm³/mol. The van der Waals surface area contributed by atoms with Crippen LogP contribution in [0.3, 0.4) is 0 Å². The maximum absolute atomic E-state index is 11.6. The minimum absolute atomic E-state index is 0.0530. The lowest BCUT2D eigenvalue weighted by Gasteiger charge is -2.31. The van der Waals surface area contributed by atoms with E-state index in [-0.39, 0.29) is 17.5 Å². The van der Waals surface area contributed by atoms with Crippen molar-refractivity contribution in [2.45, 2.75) is 37.5 Å². The Morgan fingerprint density at radius 2 is 1.72 bits per heavy atom. The van der Waals surface area contributed by atoms with Crippen molar-refractivity contribution in [1.82, 2.24) is 9.80 Å². The van der Waals surface area contributed by atoms with E-state index in [1.165, 1.54) is 19.4 Å². The lowest BCUT2D eigenvalue weighted by molar-refractivity contribution is 0.0781. The average molecular weight is 274 g/mol. The van der Waals surface area contributed by atoms with Crippen molar-refractivity contribution < 1.29 is 13.5 Å². The number of nitrogens with zero attached hydrogens (tertiary/aromatic N) is 2. The first-order valence-corrected chi connectivity index (χ1v) is 8.74. The van der Waals surface area contributed by atoms with Crippen LogP contribution < -0.4 is 0 Å². The second kappa shape index (κ2) is 4.74. The first-order chi connectivity index (χ1) is 8.55. The van der Waals surface area contributed by atoms with Crippen LogP contribution in [0.2, 0.25) is 0 Å². The highest BCUT2D eigenvalue weighted by Gasteiger charge is 2.41. The number of rotatable bonds is 1. The Morgan fingerprint density at radius 1 is 1.00 bits per heavy atom. The van der Waals surface area contributed by atoms with Gasteiger partial charge in [-0.25, -0.2) is 8.42 Å². The van der Waals surface area contributed by atoms with E-state index < -0.39 is 15.9 Å². The lowest BCUT2D eigenvalue weighted by atomic mass is 10.1. The molecule has 3 fully saturated rings. The predicted octanol–water partition coefficient (Wildman–Crippen LogP) is -0.686. The Kier molecular flexibility index (Phi) is 3.38. The number of aliphatic hydroxyl groups excluding tert-OH is 1. The van der Waals surface area contributed by atoms with Gasteiger partial charge in [0, 0.05) is 12.6 Å². The molecule has 6 heteroatoms. The van der Waals surface area contributed by atoms with Crippen molar-refractivity contribution in [3.63, 3.8) is 0 Å². The molecular formula is C12H22N2O3S. The maximum atomic E-state index is 11.6. The molecule has 0 spiro atoms. The summed E-state index contributed by atoms with van der Waals surface area (Å²) < 4.78 is 23.2. The molecule has 0 aliphatic carbocycles. The zero-order valence-electron chi connectivity index (χ0n) is 10.7. The average Bonchev–Trinajstić information content (AvgIpc) is 2.76. The van der Waals surface area contributed by atoms with E-state index in [1.807, 2.05) is 0 Å². The Balaban J connectivity index is 1.72. The van der Waals surface area contributed by atoms with E-state index in [2.05, 4.69) is 9.80 Å². The molecule has 0 aromatic rings. The van der Waals surface area contributed by atoms with Crippen molar-refractivity contribution in [1.29, 1.82) is 0 Å². The third kappa shape index (κ3) is 2.43. The third-order valence-corrected chi connectivity index (χ3v) is 6.30. The standard InChI is InChI=1S/C12H22N2O3S/c15-12-9-18(16,17)8-11(12)14-6-2-5-13-4-1-3-10(13)7-14/h10-12,15H,1-9H2. The summed E-state index contributed by atoms with van der Waals surface area (Å²) in [4.78, 5) is 4.75. The molecule has 3 aliphatic heterocycles. The molecule has 0 aromatic heterocycles. The smallest absolute Gasteiger partial charge is 0.154 e. The van der Waals surface area contributed by atoms with Crippen LogP contribution >= 0.6 is 0 Å². The highest BCUT2D eigenvalue weighted by Crippen LogP contribution is 2.25. The van der Waals surface area contributed by atoms with Gasteiger partial charge < -0.3 is 5.11 Å². The van der Waals surface area contributed by atoms with Gasteiger partial charge >= 0.3 is 0 Å². The molecule has 3 saturated heterocycles. The van der Waals surface area contributed by atoms with Gasteiger partial charge in [-0.3, -0.25) is 9.80 Å². The van der Waals surface area contributed by atoms with Crippen LogP contribution in [0.15, 0.2) is 0 Å². The summed E-state index contributed by atoms with van der Waals surface area (Å²) in [6.07, 6.45) is 2.86. The van der Waals surface area contributed by atoms with Gasteiger partial charge in [0.15, 0.2) is 9.84 Å². The molecule has 3 aliphatic rings. The molecule has 3 rings (SSSR count). The molecular weight excluding hydrogens is 252 g/mol. The number of aliphatic hydroxyl groups is 1. The van der Waals surface area contributed by atoms with Crippen LogP contribution in [0.1, 0.15) is 19.3 Å². The molecule has 0 amide bonds. The summed E-state index contributed by atoms with van der Waals surface area (Å²) in [5.74, 6) is 0.0867. The van der Waals surface area contributed by atoms with Crippen LogP contribution in [0, 0.1) is 0 Å². The summed E-state index contributed by atoms with van der Waals surface area (Å²) in [6, 6.07) is 0.401. The van der Waals surface area contributed by atoms with Crippen molar-refractivity contribution >= 4 is 9.84 Å². The summed E-state index contributed by atoms with van der Waals surface area (Å²) >= 11 is 0. The maximum Gasteiger partial charge on any atom is 0.154 e. The van der Waals surface area contributed by atoms with E-state index >= 15 is 0 Å². The van der Waals surface area contributed by atoms with E-state index in [0.717, 1.165) is 26.1 Å². The number of hydrogen-bond acceptors (Lipinski definition) is 5. The molecule has 3 atom stereocenters. The monoisotopic (exact) mass is 274 g/mol. The minimum Gasteiger partial charge on any atom is -0.390 e. The fraction of sp³-hybridized carbons (Fsp3) is 1.00. The van der Waals surface area contributed by atoms with Crippen molar-refractivity contribution in [3.8, 4) is 0 Å². The normalized spacial score (nSPS) is 41.7. The van der Waals surface area contributed by atoms with Crippen LogP contribution in [0.5, 0.6) is 0 Å². The zero-order chi connectivity index (χ0) is 12.8. The molecule has 5 nitrogen and oxygen atoms in total. The van der Waals surface area contributed by atoms with Crippen LogP contribution in [-0.4, -0.2) is 79.2 Å². The molecule has 1 N–H and O–H groups in total. The fourth-order valence-corrected chi connectivity index (χ4v) is 5.53. The van der Waals surface area contributed by atoms with Crippen molar-refractivity contribution in [2.24, 2.45) is 0 Å². The third-order valence-electron chi connectivity index (χ3n) is 4.60. The fourth-order valence-electron chi connectivity index (χ4n) is 3.70. The summed E-state index contributed by atoms with van der Waals surface area (Å²) in [7, 11) is -3.03. The SMILES string of the molecule is O=S1(=O)CC(O)C(N2CCCN3CCCC3C2)C1. The highest BCUT2D eigenvalue weighted by molar-refractivity contribution is 7.91. The molecule has 0 radical (unpaired) electrons. The van der Waals surface area contributed by atoms with Gasteiger partial charge in [-0.05, 0) is 38.9 Å². The second-order valence-electron chi connectivity index (χ2n) is 5.89. The zero-order valence-corrected chi connectivity index (χ0v) is 11.5. The minimum atomic E-state index is -3.03. The molecule has 3 unspecified atom stereocenters. The van der Waals surface area contributed by atoms with Crippen LogP contribution in [0.25, 0.3) is 0 Å². The van der Waals surface area contributed by atoms with Crippen LogP contribution in [0.4, 0.5) is 0 Å². The Labute approximate surface area is 109 Å². The van der Waals surface area contributed by atoms with Gasteiger partial charge in [-0.2, -0.15) is 0 Å². The molecule has 0 bridgehead atoms. The molecule has 0 saturated carbocycles. The largest absolute Gasteiger partial charge is 0.390 e. The van der Waals surface area contributed by atoms with Crippen LogP contribution in [-0.2, 0) is 9.84 Å². The summed E-state index contributed by atoms with van der Waals surface area (Å²) in [5.41, 5.74) is 0. The van der Waals surface area contributed by atoms with Gasteiger partial charge in [0.2, 0.25) is 0 Å². The Morgan fingerprint density at radius 3 is 2.44 bits per heavy atom. The molecule has 0 aromatic carbocycles. The molecule has 104 valence electrons. The van der Waals surface area contributed by atoms with E-state index in [1.54, 1.807) is 0 Å². The van der Waals surface area contributed by atoms with E-state index in [9.17, 15) is 13.5 Å². The van der Waals surface area contributed by atoms with Crippen molar-refractivity contribution in [2.75, 3.05) is 37.7 Å². The van der Waals surface area contributed by atoms with Gasteiger partial charge in [0.25, 0.3) is 0 Å². The van der Waals surface area contributed by atoms with E-state index in [4.69, 9.17) is 0 Å². The van der Waals surface area contributed by atoms with Gasteiger partial charge in [0.05, 0.1) is 23.7 Å².